The molecular weight excluding hydrogens is 244 g/mol. The number of phenolic OH excluding ortho intramolecular Hbond substituents is 1. The van der Waals surface area contributed by atoms with Gasteiger partial charge in [0.25, 0.3) is 0 Å². The monoisotopic (exact) mass is 262 g/mol. The fourth-order valence-electron chi connectivity index (χ4n) is 1.93. The van der Waals surface area contributed by atoms with Gasteiger partial charge in [-0.1, -0.05) is 6.07 Å². The summed E-state index contributed by atoms with van der Waals surface area (Å²) in [5.41, 5.74) is 8.99. The zero-order chi connectivity index (χ0) is 13.1. The predicted octanol–water partition coefficient (Wildman–Crippen LogP) is 2.56. The van der Waals surface area contributed by atoms with Crippen LogP contribution in [0.2, 0.25) is 0 Å². The third-order valence-corrected chi connectivity index (χ3v) is 4.19. The number of hydrogen-bond acceptors (Lipinski definition) is 4. The maximum atomic E-state index is 9.41. The number of rotatable bonds is 4. The van der Waals surface area contributed by atoms with Crippen LogP contribution >= 0.6 is 11.3 Å². The smallest absolute Gasteiger partial charge is 0.115 e. The average molecular weight is 262 g/mol. The van der Waals surface area contributed by atoms with Gasteiger partial charge < -0.3 is 10.8 Å². The molecule has 96 valence electrons. The minimum atomic E-state index is 0.320. The van der Waals surface area contributed by atoms with E-state index in [1.165, 1.54) is 10.4 Å². The molecular formula is C14H18N2OS. The van der Waals surface area contributed by atoms with Gasteiger partial charge in [-0.3, -0.25) is 0 Å². The SMILES string of the molecule is Cc1cc(O)ccc1Cc1sc(CCN)nc1C. The molecule has 2 aromatic rings. The first-order valence-corrected chi connectivity index (χ1v) is 6.85. The van der Waals surface area contributed by atoms with Gasteiger partial charge in [-0.05, 0) is 43.7 Å². The Morgan fingerprint density at radius 3 is 2.78 bits per heavy atom. The summed E-state index contributed by atoms with van der Waals surface area (Å²) in [6.07, 6.45) is 1.72. The van der Waals surface area contributed by atoms with Crippen molar-refractivity contribution in [2.75, 3.05) is 6.54 Å². The van der Waals surface area contributed by atoms with Gasteiger partial charge in [0.1, 0.15) is 5.75 Å². The second-order valence-corrected chi connectivity index (χ2v) is 5.61. The van der Waals surface area contributed by atoms with Crippen LogP contribution in [0.4, 0.5) is 0 Å². The molecule has 0 fully saturated rings. The van der Waals surface area contributed by atoms with Crippen molar-refractivity contribution in [3.8, 4) is 5.75 Å². The lowest BCUT2D eigenvalue weighted by Gasteiger charge is -2.05. The molecule has 0 spiro atoms. The van der Waals surface area contributed by atoms with E-state index in [0.717, 1.165) is 29.1 Å². The number of nitrogens with two attached hydrogens (primary N) is 1. The summed E-state index contributed by atoms with van der Waals surface area (Å²) in [6.45, 7) is 4.71. The van der Waals surface area contributed by atoms with Crippen LogP contribution in [0.1, 0.15) is 26.7 Å². The van der Waals surface area contributed by atoms with Gasteiger partial charge in [-0.2, -0.15) is 0 Å². The molecule has 0 radical (unpaired) electrons. The van der Waals surface area contributed by atoms with Gasteiger partial charge in [0.15, 0.2) is 0 Å². The molecule has 3 nitrogen and oxygen atoms in total. The van der Waals surface area contributed by atoms with E-state index in [9.17, 15) is 5.11 Å². The lowest BCUT2D eigenvalue weighted by Crippen LogP contribution is -2.01. The molecule has 0 aliphatic rings. The van der Waals surface area contributed by atoms with Crippen molar-refractivity contribution in [1.82, 2.24) is 4.98 Å². The van der Waals surface area contributed by atoms with Crippen LogP contribution in [0, 0.1) is 13.8 Å². The second kappa shape index (κ2) is 5.50. The molecule has 1 aromatic carbocycles. The summed E-state index contributed by atoms with van der Waals surface area (Å²) >= 11 is 1.74. The molecule has 4 heteroatoms. The Labute approximate surface area is 111 Å². The van der Waals surface area contributed by atoms with Crippen molar-refractivity contribution in [2.24, 2.45) is 5.73 Å². The zero-order valence-corrected chi connectivity index (χ0v) is 11.5. The van der Waals surface area contributed by atoms with E-state index in [1.54, 1.807) is 23.5 Å². The highest BCUT2D eigenvalue weighted by molar-refractivity contribution is 7.11. The Hall–Kier alpha value is -1.39. The van der Waals surface area contributed by atoms with Crippen LogP contribution in [-0.2, 0) is 12.8 Å². The van der Waals surface area contributed by atoms with Gasteiger partial charge in [-0.25, -0.2) is 4.98 Å². The second-order valence-electron chi connectivity index (χ2n) is 4.44. The molecule has 2 rings (SSSR count). The van der Waals surface area contributed by atoms with Crippen molar-refractivity contribution in [3.63, 3.8) is 0 Å². The molecule has 0 aliphatic carbocycles. The number of aromatic hydroxyl groups is 1. The fraction of sp³-hybridized carbons (Fsp3) is 0.357. The summed E-state index contributed by atoms with van der Waals surface area (Å²) in [6, 6.07) is 5.51. The molecule has 0 atom stereocenters. The molecule has 0 saturated carbocycles. The molecule has 18 heavy (non-hydrogen) atoms. The number of hydrogen-bond donors (Lipinski definition) is 2. The number of nitrogens with zero attached hydrogens (tertiary/aromatic N) is 1. The Morgan fingerprint density at radius 1 is 1.33 bits per heavy atom. The standard InChI is InChI=1S/C14H18N2OS/c1-9-7-12(17)4-3-11(9)8-13-10(2)16-14(18-13)5-6-15/h3-4,7,17H,5-6,8,15H2,1-2H3. The maximum absolute atomic E-state index is 9.41. The third kappa shape index (κ3) is 2.89. The van der Waals surface area contributed by atoms with E-state index in [0.29, 0.717) is 12.3 Å². The van der Waals surface area contributed by atoms with Crippen molar-refractivity contribution >= 4 is 11.3 Å². The van der Waals surface area contributed by atoms with Crippen LogP contribution in [0.15, 0.2) is 18.2 Å². The van der Waals surface area contributed by atoms with Crippen LogP contribution in [0.5, 0.6) is 5.75 Å². The molecule has 3 N–H and O–H groups in total. The maximum Gasteiger partial charge on any atom is 0.115 e. The summed E-state index contributed by atoms with van der Waals surface area (Å²) < 4.78 is 0. The number of thiazole rings is 1. The highest BCUT2D eigenvalue weighted by Crippen LogP contribution is 2.24. The van der Waals surface area contributed by atoms with E-state index >= 15 is 0 Å². The number of aromatic nitrogens is 1. The molecule has 0 saturated heterocycles. The van der Waals surface area contributed by atoms with Crippen molar-refractivity contribution < 1.29 is 5.11 Å². The fourth-order valence-corrected chi connectivity index (χ4v) is 3.04. The van der Waals surface area contributed by atoms with E-state index in [-0.39, 0.29) is 0 Å². The Morgan fingerprint density at radius 2 is 2.11 bits per heavy atom. The number of phenols is 1. The quantitative estimate of drug-likeness (QED) is 0.890. The van der Waals surface area contributed by atoms with Crippen LogP contribution < -0.4 is 5.73 Å². The highest BCUT2D eigenvalue weighted by atomic mass is 32.1. The lowest BCUT2D eigenvalue weighted by molar-refractivity contribution is 0.474. The van der Waals surface area contributed by atoms with E-state index < -0.39 is 0 Å². The Bertz CT molecular complexity index is 549. The van der Waals surface area contributed by atoms with Crippen LogP contribution in [0.3, 0.4) is 0 Å². The van der Waals surface area contributed by atoms with E-state index in [4.69, 9.17) is 5.73 Å². The Balaban J connectivity index is 2.22. The zero-order valence-electron chi connectivity index (χ0n) is 10.7. The first-order chi connectivity index (χ1) is 8.60. The molecule has 1 aromatic heterocycles. The number of benzene rings is 1. The first-order valence-electron chi connectivity index (χ1n) is 6.04. The van der Waals surface area contributed by atoms with Gasteiger partial charge in [0.05, 0.1) is 10.7 Å². The first kappa shape index (κ1) is 13.1. The van der Waals surface area contributed by atoms with Crippen molar-refractivity contribution in [1.29, 1.82) is 0 Å². The summed E-state index contributed by atoms with van der Waals surface area (Å²) in [5.74, 6) is 0.320. The summed E-state index contributed by atoms with van der Waals surface area (Å²) in [4.78, 5) is 5.82. The molecule has 1 heterocycles. The van der Waals surface area contributed by atoms with Gasteiger partial charge in [0, 0.05) is 17.7 Å². The Kier molecular flexibility index (Phi) is 3.99. The molecule has 0 amide bonds. The average Bonchev–Trinajstić information content (AvgIpc) is 2.64. The van der Waals surface area contributed by atoms with E-state index in [2.05, 4.69) is 4.98 Å². The molecule has 0 unspecified atom stereocenters. The van der Waals surface area contributed by atoms with Gasteiger partial charge >= 0.3 is 0 Å². The third-order valence-electron chi connectivity index (χ3n) is 2.97. The van der Waals surface area contributed by atoms with Gasteiger partial charge in [0.2, 0.25) is 0 Å². The highest BCUT2D eigenvalue weighted by Gasteiger charge is 2.09. The summed E-state index contributed by atoms with van der Waals surface area (Å²) in [7, 11) is 0. The number of aryl methyl sites for hydroxylation is 2. The minimum Gasteiger partial charge on any atom is -0.508 e. The summed E-state index contributed by atoms with van der Waals surface area (Å²) in [5, 5.41) is 10.5. The van der Waals surface area contributed by atoms with Crippen molar-refractivity contribution in [3.05, 3.63) is 44.9 Å². The minimum absolute atomic E-state index is 0.320. The van der Waals surface area contributed by atoms with E-state index in [1.807, 2.05) is 19.9 Å². The topological polar surface area (TPSA) is 59.1 Å². The molecule has 0 aliphatic heterocycles. The molecule has 0 bridgehead atoms. The lowest BCUT2D eigenvalue weighted by atomic mass is 10.0. The van der Waals surface area contributed by atoms with Gasteiger partial charge in [-0.15, -0.1) is 11.3 Å². The largest absolute Gasteiger partial charge is 0.508 e. The van der Waals surface area contributed by atoms with Crippen molar-refractivity contribution in [2.45, 2.75) is 26.7 Å². The normalized spacial score (nSPS) is 10.8. The predicted molar refractivity (Wildman–Crippen MR) is 75.3 cm³/mol. The van der Waals surface area contributed by atoms with Crippen LogP contribution in [0.25, 0.3) is 0 Å². The van der Waals surface area contributed by atoms with Crippen LogP contribution in [-0.4, -0.2) is 16.6 Å².